The van der Waals surface area contributed by atoms with E-state index in [2.05, 4.69) is 31.5 Å². The first-order chi connectivity index (χ1) is 8.16. The first-order valence-corrected chi connectivity index (χ1v) is 6.23. The number of hydrogen-bond acceptors (Lipinski definition) is 5. The number of hydrogen-bond donors (Lipinski definition) is 2. The van der Waals surface area contributed by atoms with Crippen molar-refractivity contribution in [1.82, 2.24) is 10.3 Å². The van der Waals surface area contributed by atoms with Crippen molar-refractivity contribution in [3.05, 3.63) is 26.9 Å². The number of pyridine rings is 1. The Kier molecular flexibility index (Phi) is 3.90. The number of aromatic nitrogens is 1. The molecule has 2 N–H and O–H groups in total. The molecular weight excluding hydrogens is 288 g/mol. The highest BCUT2D eigenvalue weighted by Gasteiger charge is 2.20. The Morgan fingerprint density at radius 1 is 1.65 bits per heavy atom. The molecule has 0 aliphatic carbocycles. The van der Waals surface area contributed by atoms with Gasteiger partial charge in [-0.2, -0.15) is 0 Å². The molecule has 1 fully saturated rings. The molecule has 0 radical (unpaired) electrons. The molecule has 1 aliphatic heterocycles. The van der Waals surface area contributed by atoms with Gasteiger partial charge in [0.25, 0.3) is 0 Å². The van der Waals surface area contributed by atoms with Crippen LogP contribution in [-0.2, 0) is 0 Å². The van der Waals surface area contributed by atoms with Gasteiger partial charge in [0.15, 0.2) is 0 Å². The summed E-state index contributed by atoms with van der Waals surface area (Å²) in [5, 5.41) is 17.3. The van der Waals surface area contributed by atoms with E-state index < -0.39 is 4.92 Å². The minimum absolute atomic E-state index is 0.00458. The molecule has 2 rings (SSSR count). The van der Waals surface area contributed by atoms with Crippen LogP contribution in [0.3, 0.4) is 0 Å². The predicted molar refractivity (Wildman–Crippen MR) is 68.1 cm³/mol. The maximum atomic E-state index is 10.9. The van der Waals surface area contributed by atoms with Gasteiger partial charge in [-0.1, -0.05) is 0 Å². The van der Waals surface area contributed by atoms with E-state index in [9.17, 15) is 10.1 Å². The van der Waals surface area contributed by atoms with E-state index in [1.165, 1.54) is 6.07 Å². The van der Waals surface area contributed by atoms with Gasteiger partial charge in [-0.15, -0.1) is 0 Å². The molecular formula is C10H13BrN4O2. The summed E-state index contributed by atoms with van der Waals surface area (Å²) >= 11 is 3.18. The molecule has 17 heavy (non-hydrogen) atoms. The van der Waals surface area contributed by atoms with E-state index in [-0.39, 0.29) is 11.7 Å². The summed E-state index contributed by atoms with van der Waals surface area (Å²) < 4.78 is 0.608. The lowest BCUT2D eigenvalue weighted by Gasteiger charge is -2.24. The standard InChI is InChI=1S/C10H13BrN4O2/c11-7-4-9(15(16)17)10(13-5-7)14-8-2-1-3-12-6-8/h4-5,8,12H,1-3,6H2,(H,13,14). The molecule has 1 aromatic heterocycles. The number of nitro groups is 1. The highest BCUT2D eigenvalue weighted by molar-refractivity contribution is 9.10. The highest BCUT2D eigenvalue weighted by atomic mass is 79.9. The van der Waals surface area contributed by atoms with Crippen LogP contribution in [0.5, 0.6) is 0 Å². The minimum Gasteiger partial charge on any atom is -0.360 e. The van der Waals surface area contributed by atoms with Crippen LogP contribution >= 0.6 is 15.9 Å². The third-order valence-electron chi connectivity index (χ3n) is 2.67. The van der Waals surface area contributed by atoms with Crippen LogP contribution in [0.25, 0.3) is 0 Å². The van der Waals surface area contributed by atoms with Gasteiger partial charge in [0.1, 0.15) is 0 Å². The third kappa shape index (κ3) is 3.13. The predicted octanol–water partition coefficient (Wildman–Crippen LogP) is 1.92. The molecule has 0 aromatic carbocycles. The summed E-state index contributed by atoms with van der Waals surface area (Å²) in [5.41, 5.74) is 0.00458. The number of anilines is 1. The second-order valence-corrected chi connectivity index (χ2v) is 4.88. The maximum absolute atomic E-state index is 10.9. The van der Waals surface area contributed by atoms with Crippen LogP contribution in [-0.4, -0.2) is 29.0 Å². The Balaban J connectivity index is 2.16. The fourth-order valence-corrected chi connectivity index (χ4v) is 2.17. The van der Waals surface area contributed by atoms with Crippen molar-refractivity contribution >= 4 is 27.4 Å². The first-order valence-electron chi connectivity index (χ1n) is 5.44. The zero-order chi connectivity index (χ0) is 12.3. The lowest BCUT2D eigenvalue weighted by atomic mass is 10.1. The lowest BCUT2D eigenvalue weighted by molar-refractivity contribution is -0.384. The molecule has 0 spiro atoms. The van der Waals surface area contributed by atoms with Gasteiger partial charge in [0.2, 0.25) is 5.82 Å². The van der Waals surface area contributed by atoms with Gasteiger partial charge < -0.3 is 10.6 Å². The topological polar surface area (TPSA) is 80.1 Å². The molecule has 0 saturated carbocycles. The van der Waals surface area contributed by atoms with Gasteiger partial charge >= 0.3 is 5.69 Å². The molecule has 6 nitrogen and oxygen atoms in total. The van der Waals surface area contributed by atoms with Gasteiger partial charge in [-0.25, -0.2) is 4.98 Å². The van der Waals surface area contributed by atoms with Crippen molar-refractivity contribution in [2.24, 2.45) is 0 Å². The summed E-state index contributed by atoms with van der Waals surface area (Å²) in [6.45, 7) is 1.82. The van der Waals surface area contributed by atoms with Crippen molar-refractivity contribution in [3.8, 4) is 0 Å². The van der Waals surface area contributed by atoms with E-state index >= 15 is 0 Å². The highest BCUT2D eigenvalue weighted by Crippen LogP contribution is 2.26. The molecule has 2 heterocycles. The van der Waals surface area contributed by atoms with Crippen LogP contribution in [0.15, 0.2) is 16.7 Å². The number of nitrogens with one attached hydrogen (secondary N) is 2. The fraction of sp³-hybridized carbons (Fsp3) is 0.500. The Morgan fingerprint density at radius 3 is 3.12 bits per heavy atom. The van der Waals surface area contributed by atoms with E-state index in [0.29, 0.717) is 10.3 Å². The molecule has 92 valence electrons. The van der Waals surface area contributed by atoms with Gasteiger partial charge in [-0.3, -0.25) is 10.1 Å². The normalized spacial score (nSPS) is 19.9. The van der Waals surface area contributed by atoms with E-state index in [4.69, 9.17) is 0 Å². The average Bonchev–Trinajstić information content (AvgIpc) is 2.32. The number of halogens is 1. The second-order valence-electron chi connectivity index (χ2n) is 3.97. The Hall–Kier alpha value is -1.21. The summed E-state index contributed by atoms with van der Waals surface area (Å²) in [5.74, 6) is 0.340. The molecule has 1 aliphatic rings. The van der Waals surface area contributed by atoms with Crippen molar-refractivity contribution in [1.29, 1.82) is 0 Å². The van der Waals surface area contributed by atoms with Gasteiger partial charge in [-0.05, 0) is 35.3 Å². The summed E-state index contributed by atoms with van der Waals surface area (Å²) in [7, 11) is 0. The smallest absolute Gasteiger partial charge is 0.312 e. The molecule has 1 atom stereocenters. The lowest BCUT2D eigenvalue weighted by Crippen LogP contribution is -2.38. The quantitative estimate of drug-likeness (QED) is 0.658. The number of piperidine rings is 1. The molecule has 1 unspecified atom stereocenters. The second kappa shape index (κ2) is 5.42. The third-order valence-corrected chi connectivity index (χ3v) is 3.10. The molecule has 1 saturated heterocycles. The van der Waals surface area contributed by atoms with Gasteiger partial charge in [0.05, 0.1) is 4.92 Å². The van der Waals surface area contributed by atoms with E-state index in [0.717, 1.165) is 25.9 Å². The van der Waals surface area contributed by atoms with Crippen molar-refractivity contribution < 1.29 is 4.92 Å². The molecule has 1 aromatic rings. The SMILES string of the molecule is O=[N+]([O-])c1cc(Br)cnc1NC1CCCNC1. The van der Waals surface area contributed by atoms with Crippen LogP contribution in [0.2, 0.25) is 0 Å². The minimum atomic E-state index is -0.420. The van der Waals surface area contributed by atoms with Crippen molar-refractivity contribution in [3.63, 3.8) is 0 Å². The van der Waals surface area contributed by atoms with Crippen LogP contribution in [0.1, 0.15) is 12.8 Å². The van der Waals surface area contributed by atoms with Gasteiger partial charge in [0, 0.05) is 29.3 Å². The zero-order valence-corrected chi connectivity index (χ0v) is 10.7. The van der Waals surface area contributed by atoms with E-state index in [1.807, 2.05) is 0 Å². The molecule has 0 amide bonds. The largest absolute Gasteiger partial charge is 0.360 e. The fourth-order valence-electron chi connectivity index (χ4n) is 1.85. The van der Waals surface area contributed by atoms with E-state index in [1.54, 1.807) is 6.20 Å². The van der Waals surface area contributed by atoms with Crippen LogP contribution < -0.4 is 10.6 Å². The maximum Gasteiger partial charge on any atom is 0.312 e. The summed E-state index contributed by atoms with van der Waals surface area (Å²) in [4.78, 5) is 14.6. The Bertz CT molecular complexity index is 421. The Labute approximate surface area is 107 Å². The monoisotopic (exact) mass is 300 g/mol. The van der Waals surface area contributed by atoms with Crippen molar-refractivity contribution in [2.75, 3.05) is 18.4 Å². The summed E-state index contributed by atoms with van der Waals surface area (Å²) in [6.07, 6.45) is 3.63. The Morgan fingerprint density at radius 2 is 2.47 bits per heavy atom. The van der Waals surface area contributed by atoms with Crippen LogP contribution in [0, 0.1) is 10.1 Å². The summed E-state index contributed by atoms with van der Waals surface area (Å²) in [6, 6.07) is 1.67. The first kappa shape index (κ1) is 12.3. The average molecular weight is 301 g/mol. The molecule has 7 heteroatoms. The molecule has 0 bridgehead atoms. The number of rotatable bonds is 3. The van der Waals surface area contributed by atoms with Crippen molar-refractivity contribution in [2.45, 2.75) is 18.9 Å². The van der Waals surface area contributed by atoms with Crippen LogP contribution in [0.4, 0.5) is 11.5 Å². The zero-order valence-electron chi connectivity index (χ0n) is 9.15. The number of nitrogens with zero attached hydrogens (tertiary/aromatic N) is 2.